The molecular weight excluding hydrogens is 389 g/mol. The van der Waals surface area contributed by atoms with E-state index in [0.717, 1.165) is 10.6 Å². The van der Waals surface area contributed by atoms with Crippen molar-refractivity contribution in [1.29, 1.82) is 0 Å². The van der Waals surface area contributed by atoms with Crippen molar-refractivity contribution in [3.8, 4) is 5.75 Å². The number of benzene rings is 1. The number of para-hydroxylation sites is 1. The monoisotopic (exact) mass is 404 g/mol. The summed E-state index contributed by atoms with van der Waals surface area (Å²) in [4.78, 5) is 24.7. The van der Waals surface area contributed by atoms with Gasteiger partial charge in [-0.1, -0.05) is 12.1 Å². The largest absolute Gasteiger partial charge is 0.530 e. The summed E-state index contributed by atoms with van der Waals surface area (Å²) in [7, 11) is -2.92. The van der Waals surface area contributed by atoms with Crippen LogP contribution in [0.5, 0.6) is 5.75 Å². The molecule has 0 spiro atoms. The van der Waals surface area contributed by atoms with E-state index in [2.05, 4.69) is 0 Å². The standard InChI is InChI=1S/C15H15F2N2O7P/c1-23-13-8-24-27(22,25-11-5-3-2-4-9(11)16)26-12(13)7-19-6-10(17)14(20)18-15(19)21/h2-6,12-13H,7-8H2,1H3,(H,18,20,21)/t12-,13+,27?/m0/s1. The first-order chi connectivity index (χ1) is 12.8. The van der Waals surface area contributed by atoms with Gasteiger partial charge in [-0.05, 0) is 12.1 Å². The molecule has 1 fully saturated rings. The number of halogens is 2. The minimum Gasteiger partial charge on any atom is -0.401 e. The number of ether oxygens (including phenoxy) is 1. The van der Waals surface area contributed by atoms with Crippen molar-refractivity contribution in [2.75, 3.05) is 13.7 Å². The van der Waals surface area contributed by atoms with Gasteiger partial charge in [0.15, 0.2) is 11.6 Å². The second kappa shape index (κ2) is 7.73. The molecule has 1 aliphatic heterocycles. The zero-order chi connectivity index (χ0) is 19.6. The van der Waals surface area contributed by atoms with Crippen LogP contribution in [0.4, 0.5) is 8.78 Å². The third-order valence-electron chi connectivity index (χ3n) is 3.77. The summed E-state index contributed by atoms with van der Waals surface area (Å²) < 4.78 is 61.3. The number of aromatic nitrogens is 2. The van der Waals surface area contributed by atoms with Crippen LogP contribution in [0.2, 0.25) is 0 Å². The van der Waals surface area contributed by atoms with Crippen LogP contribution < -0.4 is 15.8 Å². The van der Waals surface area contributed by atoms with Gasteiger partial charge in [0.2, 0.25) is 5.82 Å². The lowest BCUT2D eigenvalue weighted by Gasteiger charge is -2.34. The lowest BCUT2D eigenvalue weighted by atomic mass is 10.2. The van der Waals surface area contributed by atoms with Crippen LogP contribution in [-0.2, 0) is 24.9 Å². The number of rotatable bonds is 5. The summed E-state index contributed by atoms with van der Waals surface area (Å²) in [6, 6.07) is 5.22. The van der Waals surface area contributed by atoms with Crippen LogP contribution in [0.25, 0.3) is 0 Å². The van der Waals surface area contributed by atoms with Gasteiger partial charge in [0.05, 0.1) is 19.3 Å². The van der Waals surface area contributed by atoms with Crippen molar-refractivity contribution < 1.29 is 31.7 Å². The van der Waals surface area contributed by atoms with Gasteiger partial charge in [-0.3, -0.25) is 23.4 Å². The number of nitrogens with zero attached hydrogens (tertiary/aromatic N) is 1. The van der Waals surface area contributed by atoms with Crippen LogP contribution in [0.15, 0.2) is 40.1 Å². The van der Waals surface area contributed by atoms with Gasteiger partial charge in [0.1, 0.15) is 12.2 Å². The van der Waals surface area contributed by atoms with Gasteiger partial charge < -0.3 is 9.26 Å². The molecule has 1 unspecified atom stereocenters. The Kier molecular flexibility index (Phi) is 5.56. The maximum Gasteiger partial charge on any atom is 0.530 e. The first-order valence-corrected chi connectivity index (χ1v) is 9.16. The average Bonchev–Trinajstić information content (AvgIpc) is 2.62. The first-order valence-electron chi connectivity index (χ1n) is 7.70. The Morgan fingerprint density at radius 2 is 2.04 bits per heavy atom. The molecule has 1 aromatic heterocycles. The molecule has 3 atom stereocenters. The first kappa shape index (κ1) is 19.4. The van der Waals surface area contributed by atoms with E-state index in [0.29, 0.717) is 6.20 Å². The van der Waals surface area contributed by atoms with Crippen molar-refractivity contribution in [2.45, 2.75) is 18.8 Å². The summed E-state index contributed by atoms with van der Waals surface area (Å²) in [5.41, 5.74) is -2.06. The predicted molar refractivity (Wildman–Crippen MR) is 87.5 cm³/mol. The highest BCUT2D eigenvalue weighted by atomic mass is 31.2. The minimum atomic E-state index is -4.24. The quantitative estimate of drug-likeness (QED) is 0.751. The van der Waals surface area contributed by atoms with E-state index in [9.17, 15) is 22.9 Å². The number of aromatic amines is 1. The highest BCUT2D eigenvalue weighted by molar-refractivity contribution is 7.49. The number of hydrogen-bond acceptors (Lipinski definition) is 7. The Bertz CT molecular complexity index is 993. The zero-order valence-electron chi connectivity index (χ0n) is 14.0. The lowest BCUT2D eigenvalue weighted by molar-refractivity contribution is -0.0785. The van der Waals surface area contributed by atoms with Crippen molar-refractivity contribution in [3.63, 3.8) is 0 Å². The summed E-state index contributed by atoms with van der Waals surface area (Å²) in [5, 5.41) is 0. The fourth-order valence-corrected chi connectivity index (χ4v) is 3.82. The molecule has 1 aromatic carbocycles. The van der Waals surface area contributed by atoms with Crippen molar-refractivity contribution in [1.82, 2.24) is 9.55 Å². The lowest BCUT2D eigenvalue weighted by Crippen LogP contribution is -2.44. The van der Waals surface area contributed by atoms with Gasteiger partial charge in [-0.15, -0.1) is 0 Å². The van der Waals surface area contributed by atoms with E-state index >= 15 is 0 Å². The van der Waals surface area contributed by atoms with Gasteiger partial charge in [0.25, 0.3) is 5.56 Å². The van der Waals surface area contributed by atoms with Gasteiger partial charge in [-0.25, -0.2) is 13.8 Å². The number of methoxy groups -OCH3 is 1. The normalized spacial score (nSPS) is 25.3. The van der Waals surface area contributed by atoms with Gasteiger partial charge >= 0.3 is 13.5 Å². The molecule has 12 heteroatoms. The summed E-state index contributed by atoms with van der Waals surface area (Å²) in [6.07, 6.45) is -1.16. The van der Waals surface area contributed by atoms with E-state index in [1.54, 1.807) is 4.98 Å². The summed E-state index contributed by atoms with van der Waals surface area (Å²) in [5.74, 6) is -2.30. The summed E-state index contributed by atoms with van der Waals surface area (Å²) >= 11 is 0. The van der Waals surface area contributed by atoms with Crippen LogP contribution in [0, 0.1) is 11.6 Å². The molecule has 0 radical (unpaired) electrons. The molecule has 0 amide bonds. The van der Waals surface area contributed by atoms with Crippen LogP contribution in [0.1, 0.15) is 0 Å². The number of H-pyrrole nitrogens is 1. The van der Waals surface area contributed by atoms with Crippen molar-refractivity contribution in [3.05, 3.63) is 62.9 Å². The van der Waals surface area contributed by atoms with Gasteiger partial charge in [-0.2, -0.15) is 4.39 Å². The summed E-state index contributed by atoms with van der Waals surface area (Å²) in [6.45, 7) is -0.563. The Balaban J connectivity index is 1.84. The number of phosphoric ester groups is 1. The molecule has 1 saturated heterocycles. The predicted octanol–water partition coefficient (Wildman–Crippen LogP) is 1.43. The van der Waals surface area contributed by atoms with E-state index in [1.807, 2.05) is 0 Å². The Morgan fingerprint density at radius 1 is 1.30 bits per heavy atom. The molecule has 0 aliphatic carbocycles. The fraction of sp³-hybridized carbons (Fsp3) is 0.333. The van der Waals surface area contributed by atoms with Crippen LogP contribution in [0.3, 0.4) is 0 Å². The van der Waals surface area contributed by atoms with E-state index < -0.39 is 42.9 Å². The van der Waals surface area contributed by atoms with Gasteiger partial charge in [0, 0.05) is 7.11 Å². The number of hydrogen-bond donors (Lipinski definition) is 1. The Morgan fingerprint density at radius 3 is 2.74 bits per heavy atom. The van der Waals surface area contributed by atoms with E-state index in [-0.39, 0.29) is 18.9 Å². The maximum absolute atomic E-state index is 13.7. The third-order valence-corrected chi connectivity index (χ3v) is 5.18. The molecular formula is C15H15F2N2O7P. The van der Waals surface area contributed by atoms with Crippen molar-refractivity contribution in [2.24, 2.45) is 0 Å². The second-order valence-corrected chi connectivity index (χ2v) is 7.12. The Labute approximate surface area is 151 Å². The number of phosphoric acid groups is 1. The second-order valence-electron chi connectivity index (χ2n) is 5.57. The SMILES string of the molecule is CO[C@@H]1COP(=O)(Oc2ccccc2F)O[C@H]1Cn1cc(F)c(=O)[nH]c1=O. The van der Waals surface area contributed by atoms with E-state index in [4.69, 9.17) is 18.3 Å². The molecule has 0 bridgehead atoms. The highest BCUT2D eigenvalue weighted by Gasteiger charge is 2.43. The molecule has 2 aromatic rings. The molecule has 0 saturated carbocycles. The highest BCUT2D eigenvalue weighted by Crippen LogP contribution is 2.54. The van der Waals surface area contributed by atoms with E-state index in [1.165, 1.54) is 25.3 Å². The maximum atomic E-state index is 13.7. The van der Waals surface area contributed by atoms with Crippen molar-refractivity contribution >= 4 is 7.82 Å². The molecule has 2 heterocycles. The smallest absolute Gasteiger partial charge is 0.401 e. The average molecular weight is 404 g/mol. The molecule has 146 valence electrons. The van der Waals surface area contributed by atoms with Crippen LogP contribution in [-0.4, -0.2) is 35.5 Å². The number of nitrogens with one attached hydrogen (secondary N) is 1. The zero-order valence-corrected chi connectivity index (χ0v) is 14.9. The minimum absolute atomic E-state index is 0.243. The molecule has 1 aliphatic rings. The van der Waals surface area contributed by atoms with Crippen LogP contribution >= 0.6 is 7.82 Å². The third kappa shape index (κ3) is 4.33. The molecule has 1 N–H and O–H groups in total. The molecule has 9 nitrogen and oxygen atoms in total. The topological polar surface area (TPSA) is 109 Å². The molecule has 27 heavy (non-hydrogen) atoms. The fourth-order valence-electron chi connectivity index (χ4n) is 2.41. The Hall–Kier alpha value is -2.33. The molecule has 3 rings (SSSR count).